The molecule has 1 heterocycles. The highest BCUT2D eigenvalue weighted by Gasteiger charge is 2.28. The Balaban J connectivity index is 2.43. The minimum Gasteiger partial charge on any atom is -0.399 e. The van der Waals surface area contributed by atoms with Crippen molar-refractivity contribution in [2.24, 2.45) is 11.7 Å². The van der Waals surface area contributed by atoms with Crippen LogP contribution < -0.4 is 16.4 Å². The summed E-state index contributed by atoms with van der Waals surface area (Å²) in [5.74, 6) is 0.235. The van der Waals surface area contributed by atoms with Gasteiger partial charge in [0.15, 0.2) is 0 Å². The van der Waals surface area contributed by atoms with Crippen molar-refractivity contribution in [2.75, 3.05) is 17.2 Å². The molecule has 1 aromatic rings. The molecule has 4 N–H and O–H groups in total. The van der Waals surface area contributed by atoms with Gasteiger partial charge in [0.05, 0.1) is 11.3 Å². The summed E-state index contributed by atoms with van der Waals surface area (Å²) in [4.78, 5) is 13.7. The molecule has 17 heavy (non-hydrogen) atoms. The monoisotopic (exact) mass is 233 g/mol. The van der Waals surface area contributed by atoms with Crippen molar-refractivity contribution in [1.82, 2.24) is 0 Å². The second-order valence-corrected chi connectivity index (χ2v) is 4.98. The summed E-state index contributed by atoms with van der Waals surface area (Å²) in [6.45, 7) is 5.33. The van der Waals surface area contributed by atoms with E-state index in [0.717, 1.165) is 18.7 Å². The molecule has 4 heteroatoms. The maximum atomic E-state index is 11.4. The molecular formula is C13H19N3O. The van der Waals surface area contributed by atoms with Crippen LogP contribution in [0.1, 0.15) is 30.6 Å². The maximum absolute atomic E-state index is 11.4. The molecule has 2 atom stereocenters. The number of primary amides is 1. The topological polar surface area (TPSA) is 72.3 Å². The summed E-state index contributed by atoms with van der Waals surface area (Å²) in [5, 5.41) is 0. The third-order valence-corrected chi connectivity index (χ3v) is 3.38. The molecule has 1 aromatic carbocycles. The molecule has 1 aliphatic heterocycles. The van der Waals surface area contributed by atoms with Crippen molar-refractivity contribution in [3.05, 3.63) is 23.8 Å². The lowest BCUT2D eigenvalue weighted by Crippen LogP contribution is -2.29. The minimum atomic E-state index is -0.397. The summed E-state index contributed by atoms with van der Waals surface area (Å²) in [6.07, 6.45) is 1.13. The van der Waals surface area contributed by atoms with Gasteiger partial charge in [-0.05, 0) is 37.5 Å². The van der Waals surface area contributed by atoms with Crippen LogP contribution in [0, 0.1) is 5.92 Å². The first kappa shape index (κ1) is 11.8. The van der Waals surface area contributed by atoms with E-state index in [1.165, 1.54) is 0 Å². The molecule has 0 aromatic heterocycles. The SMILES string of the molecule is CC1CC(C)N(c2cc(N)ccc2C(N)=O)C1. The quantitative estimate of drug-likeness (QED) is 0.762. The van der Waals surface area contributed by atoms with Crippen molar-refractivity contribution < 1.29 is 4.79 Å². The average molecular weight is 233 g/mol. The normalized spacial score (nSPS) is 24.0. The number of nitrogen functional groups attached to an aromatic ring is 1. The van der Waals surface area contributed by atoms with Crippen molar-refractivity contribution >= 4 is 17.3 Å². The second-order valence-electron chi connectivity index (χ2n) is 4.98. The number of anilines is 2. The van der Waals surface area contributed by atoms with E-state index in [1.54, 1.807) is 12.1 Å². The number of carbonyl (C=O) groups is 1. The van der Waals surface area contributed by atoms with Gasteiger partial charge in [-0.25, -0.2) is 0 Å². The molecule has 2 unspecified atom stereocenters. The molecule has 0 bridgehead atoms. The van der Waals surface area contributed by atoms with Gasteiger partial charge in [0.1, 0.15) is 0 Å². The lowest BCUT2D eigenvalue weighted by molar-refractivity contribution is 0.100. The number of rotatable bonds is 2. The van der Waals surface area contributed by atoms with Gasteiger partial charge in [-0.15, -0.1) is 0 Å². The highest BCUT2D eigenvalue weighted by Crippen LogP contribution is 2.32. The van der Waals surface area contributed by atoms with Crippen molar-refractivity contribution in [3.63, 3.8) is 0 Å². The van der Waals surface area contributed by atoms with Gasteiger partial charge in [0.2, 0.25) is 0 Å². The summed E-state index contributed by atoms with van der Waals surface area (Å²) in [5.41, 5.74) is 13.3. The molecule has 0 radical (unpaired) electrons. The van der Waals surface area contributed by atoms with E-state index >= 15 is 0 Å². The van der Waals surface area contributed by atoms with Gasteiger partial charge in [-0.1, -0.05) is 6.92 Å². The van der Waals surface area contributed by atoms with E-state index in [1.807, 2.05) is 6.07 Å². The first-order valence-electron chi connectivity index (χ1n) is 5.95. The Morgan fingerprint density at radius 1 is 1.41 bits per heavy atom. The molecule has 1 fully saturated rings. The number of hydrogen-bond donors (Lipinski definition) is 2. The van der Waals surface area contributed by atoms with Gasteiger partial charge >= 0.3 is 0 Å². The van der Waals surface area contributed by atoms with Crippen LogP contribution in [0.15, 0.2) is 18.2 Å². The predicted octanol–water partition coefficient (Wildman–Crippen LogP) is 1.60. The number of nitrogens with two attached hydrogens (primary N) is 2. The third kappa shape index (κ3) is 2.20. The number of carbonyl (C=O) groups excluding carboxylic acids is 1. The Kier molecular flexibility index (Phi) is 2.96. The Bertz CT molecular complexity index is 444. The molecule has 0 saturated carbocycles. The molecule has 2 rings (SSSR count). The molecule has 1 aliphatic rings. The molecule has 1 amide bonds. The van der Waals surface area contributed by atoms with Crippen LogP contribution in [0.25, 0.3) is 0 Å². The van der Waals surface area contributed by atoms with Gasteiger partial charge in [-0.3, -0.25) is 4.79 Å². The Hall–Kier alpha value is -1.71. The predicted molar refractivity (Wildman–Crippen MR) is 70.0 cm³/mol. The Morgan fingerprint density at radius 2 is 2.12 bits per heavy atom. The molecule has 0 aliphatic carbocycles. The first-order valence-corrected chi connectivity index (χ1v) is 5.95. The lowest BCUT2D eigenvalue weighted by atomic mass is 10.1. The van der Waals surface area contributed by atoms with E-state index in [4.69, 9.17) is 11.5 Å². The fourth-order valence-corrected chi connectivity index (χ4v) is 2.63. The van der Waals surface area contributed by atoms with Crippen LogP contribution in [-0.2, 0) is 0 Å². The fourth-order valence-electron chi connectivity index (χ4n) is 2.63. The first-order chi connectivity index (χ1) is 7.99. The van der Waals surface area contributed by atoms with E-state index in [-0.39, 0.29) is 0 Å². The van der Waals surface area contributed by atoms with Gasteiger partial charge in [0.25, 0.3) is 5.91 Å². The average Bonchev–Trinajstić information content (AvgIpc) is 2.57. The molecule has 0 spiro atoms. The van der Waals surface area contributed by atoms with E-state index < -0.39 is 5.91 Å². The standard InChI is InChI=1S/C13H19N3O/c1-8-5-9(2)16(7-8)12-6-10(14)3-4-11(12)13(15)17/h3-4,6,8-9H,5,7,14H2,1-2H3,(H2,15,17). The zero-order chi connectivity index (χ0) is 12.6. The van der Waals surface area contributed by atoms with Gasteiger partial charge < -0.3 is 16.4 Å². The number of benzene rings is 1. The Labute approximate surface area is 102 Å². The zero-order valence-electron chi connectivity index (χ0n) is 10.3. The van der Waals surface area contributed by atoms with Crippen LogP contribution >= 0.6 is 0 Å². The van der Waals surface area contributed by atoms with Crippen LogP contribution in [0.5, 0.6) is 0 Å². The van der Waals surface area contributed by atoms with E-state index in [0.29, 0.717) is 23.2 Å². The van der Waals surface area contributed by atoms with Crippen molar-refractivity contribution in [3.8, 4) is 0 Å². The number of amides is 1. The molecular weight excluding hydrogens is 214 g/mol. The largest absolute Gasteiger partial charge is 0.399 e. The summed E-state index contributed by atoms with van der Waals surface area (Å²) in [6, 6.07) is 5.69. The van der Waals surface area contributed by atoms with E-state index in [9.17, 15) is 4.79 Å². The van der Waals surface area contributed by atoms with Gasteiger partial charge in [-0.2, -0.15) is 0 Å². The fraction of sp³-hybridized carbons (Fsp3) is 0.462. The smallest absolute Gasteiger partial charge is 0.250 e. The Morgan fingerprint density at radius 3 is 2.65 bits per heavy atom. The summed E-state index contributed by atoms with van der Waals surface area (Å²) in [7, 11) is 0. The van der Waals surface area contributed by atoms with Gasteiger partial charge in [0, 0.05) is 18.3 Å². The maximum Gasteiger partial charge on any atom is 0.250 e. The molecule has 1 saturated heterocycles. The second kappa shape index (κ2) is 4.28. The van der Waals surface area contributed by atoms with Crippen LogP contribution in [0.3, 0.4) is 0 Å². The lowest BCUT2D eigenvalue weighted by Gasteiger charge is -2.26. The molecule has 4 nitrogen and oxygen atoms in total. The summed E-state index contributed by atoms with van der Waals surface area (Å²) >= 11 is 0. The van der Waals surface area contributed by atoms with Crippen LogP contribution in [0.4, 0.5) is 11.4 Å². The van der Waals surface area contributed by atoms with Crippen LogP contribution in [-0.4, -0.2) is 18.5 Å². The van der Waals surface area contributed by atoms with Crippen molar-refractivity contribution in [1.29, 1.82) is 0 Å². The summed E-state index contributed by atoms with van der Waals surface area (Å²) < 4.78 is 0. The third-order valence-electron chi connectivity index (χ3n) is 3.38. The molecule has 92 valence electrons. The zero-order valence-corrected chi connectivity index (χ0v) is 10.3. The van der Waals surface area contributed by atoms with E-state index in [2.05, 4.69) is 18.7 Å². The van der Waals surface area contributed by atoms with Crippen molar-refractivity contribution in [2.45, 2.75) is 26.3 Å². The van der Waals surface area contributed by atoms with Crippen LogP contribution in [0.2, 0.25) is 0 Å². The number of nitrogens with zero attached hydrogens (tertiary/aromatic N) is 1. The highest BCUT2D eigenvalue weighted by molar-refractivity contribution is 5.99. The highest BCUT2D eigenvalue weighted by atomic mass is 16.1. The minimum absolute atomic E-state index is 0.397. The number of hydrogen-bond acceptors (Lipinski definition) is 3.